The number of rotatable bonds is 4. The molecule has 25 heavy (non-hydrogen) atoms. The van der Waals surface area contributed by atoms with Crippen molar-refractivity contribution in [1.82, 2.24) is 9.97 Å². The molecule has 5 nitrogen and oxygen atoms in total. The highest BCUT2D eigenvalue weighted by Crippen LogP contribution is 2.15. The van der Waals surface area contributed by atoms with E-state index in [0.29, 0.717) is 17.1 Å². The summed E-state index contributed by atoms with van der Waals surface area (Å²) in [7, 11) is 0. The number of aryl methyl sites for hydroxylation is 1. The maximum absolute atomic E-state index is 13.0. The molecule has 0 aliphatic rings. The summed E-state index contributed by atoms with van der Waals surface area (Å²) in [5, 5.41) is 5.56. The lowest BCUT2D eigenvalue weighted by atomic mass is 10.2. The predicted octanol–water partition coefficient (Wildman–Crippen LogP) is 4.06. The molecule has 2 N–H and O–H groups in total. The zero-order valence-corrected chi connectivity index (χ0v) is 13.3. The van der Waals surface area contributed by atoms with Gasteiger partial charge >= 0.3 is 0 Å². The topological polar surface area (TPSA) is 66.9 Å². The Morgan fingerprint density at radius 3 is 2.04 bits per heavy atom. The zero-order chi connectivity index (χ0) is 17.8. The summed E-state index contributed by atoms with van der Waals surface area (Å²) in [5.41, 5.74) is 1.79. The van der Waals surface area contributed by atoms with Crippen molar-refractivity contribution in [3.8, 4) is 0 Å². The number of halogens is 2. The number of amides is 1. The van der Waals surface area contributed by atoms with Crippen LogP contribution in [-0.4, -0.2) is 15.9 Å². The highest BCUT2D eigenvalue weighted by molar-refractivity contribution is 6.03. The Balaban J connectivity index is 1.79. The van der Waals surface area contributed by atoms with Crippen molar-refractivity contribution in [2.75, 3.05) is 10.6 Å². The van der Waals surface area contributed by atoms with Crippen LogP contribution in [0.15, 0.2) is 54.6 Å². The molecule has 3 rings (SSSR count). The Morgan fingerprint density at radius 1 is 0.880 bits per heavy atom. The minimum absolute atomic E-state index is 0.154. The van der Waals surface area contributed by atoms with Crippen LogP contribution in [0.3, 0.4) is 0 Å². The Labute approximate surface area is 142 Å². The van der Waals surface area contributed by atoms with E-state index < -0.39 is 5.91 Å². The first kappa shape index (κ1) is 16.5. The van der Waals surface area contributed by atoms with Gasteiger partial charge in [-0.3, -0.25) is 4.79 Å². The summed E-state index contributed by atoms with van der Waals surface area (Å²) < 4.78 is 25.9. The van der Waals surface area contributed by atoms with Crippen LogP contribution in [0.25, 0.3) is 0 Å². The van der Waals surface area contributed by atoms with Crippen LogP contribution >= 0.6 is 0 Å². The van der Waals surface area contributed by atoms with Crippen molar-refractivity contribution in [2.24, 2.45) is 0 Å². The van der Waals surface area contributed by atoms with Gasteiger partial charge in [-0.1, -0.05) is 0 Å². The van der Waals surface area contributed by atoms with Gasteiger partial charge in [-0.2, -0.15) is 0 Å². The minimum Gasteiger partial charge on any atom is -0.324 e. The van der Waals surface area contributed by atoms with Crippen molar-refractivity contribution in [2.45, 2.75) is 6.92 Å². The first-order valence-corrected chi connectivity index (χ1v) is 7.45. The third-order valence-corrected chi connectivity index (χ3v) is 3.29. The lowest BCUT2D eigenvalue weighted by Crippen LogP contribution is -2.15. The zero-order valence-electron chi connectivity index (χ0n) is 13.3. The molecule has 1 amide bonds. The summed E-state index contributed by atoms with van der Waals surface area (Å²) in [6.45, 7) is 1.73. The fourth-order valence-electron chi connectivity index (χ4n) is 2.13. The van der Waals surface area contributed by atoms with Crippen LogP contribution in [0.5, 0.6) is 0 Å². The second-order valence-corrected chi connectivity index (χ2v) is 5.31. The summed E-state index contributed by atoms with van der Waals surface area (Å²) in [5.74, 6) is -0.966. The molecule has 7 heteroatoms. The fraction of sp³-hybridized carbons (Fsp3) is 0.0556. The molecule has 0 radical (unpaired) electrons. The van der Waals surface area contributed by atoms with Crippen LogP contribution < -0.4 is 10.6 Å². The number of carbonyl (C=O) groups excluding carboxylic acids is 1. The summed E-state index contributed by atoms with van der Waals surface area (Å²) in [6, 6.07) is 12.6. The maximum Gasteiger partial charge on any atom is 0.274 e. The van der Waals surface area contributed by atoms with Gasteiger partial charge in [0.15, 0.2) is 0 Å². The van der Waals surface area contributed by atoms with Gasteiger partial charge in [0.25, 0.3) is 5.91 Å². The Hall–Kier alpha value is -3.35. The molecule has 0 saturated carbocycles. The summed E-state index contributed by atoms with van der Waals surface area (Å²) in [6.07, 6.45) is 0. The Morgan fingerprint density at radius 2 is 1.44 bits per heavy atom. The van der Waals surface area contributed by atoms with E-state index in [1.54, 1.807) is 19.1 Å². The standard InChI is InChI=1S/C18H14F2N4O/c1-11-10-16(17(25)22-14-6-2-12(19)3-7-14)24-18(21-11)23-15-8-4-13(20)5-9-15/h2-10H,1H3,(H,22,25)(H,21,23,24). The van der Waals surface area contributed by atoms with Crippen LogP contribution in [0.4, 0.5) is 26.1 Å². The molecular weight excluding hydrogens is 326 g/mol. The van der Waals surface area contributed by atoms with Gasteiger partial charge < -0.3 is 10.6 Å². The number of hydrogen-bond acceptors (Lipinski definition) is 4. The number of nitrogens with one attached hydrogen (secondary N) is 2. The number of hydrogen-bond donors (Lipinski definition) is 2. The average molecular weight is 340 g/mol. The predicted molar refractivity (Wildman–Crippen MR) is 90.8 cm³/mol. The van der Waals surface area contributed by atoms with E-state index in [-0.39, 0.29) is 23.3 Å². The van der Waals surface area contributed by atoms with Crippen molar-refractivity contribution in [3.63, 3.8) is 0 Å². The van der Waals surface area contributed by atoms with Crippen LogP contribution in [0.1, 0.15) is 16.2 Å². The highest BCUT2D eigenvalue weighted by atomic mass is 19.1. The molecule has 0 bridgehead atoms. The molecular formula is C18H14F2N4O. The molecule has 0 aliphatic carbocycles. The maximum atomic E-state index is 13.0. The van der Waals surface area contributed by atoms with Crippen molar-refractivity contribution in [1.29, 1.82) is 0 Å². The Bertz CT molecular complexity index is 896. The molecule has 0 aliphatic heterocycles. The monoisotopic (exact) mass is 340 g/mol. The fourth-order valence-corrected chi connectivity index (χ4v) is 2.13. The molecule has 0 atom stereocenters. The van der Waals surface area contributed by atoms with Crippen molar-refractivity contribution >= 4 is 23.2 Å². The SMILES string of the molecule is Cc1cc(C(=O)Nc2ccc(F)cc2)nc(Nc2ccc(F)cc2)n1. The van der Waals surface area contributed by atoms with Gasteiger partial charge in [0, 0.05) is 17.1 Å². The molecule has 0 fully saturated rings. The van der Waals surface area contributed by atoms with E-state index >= 15 is 0 Å². The first-order valence-electron chi connectivity index (χ1n) is 7.45. The number of anilines is 3. The van der Waals surface area contributed by atoms with E-state index in [1.807, 2.05) is 0 Å². The molecule has 3 aromatic rings. The van der Waals surface area contributed by atoms with Crippen LogP contribution in [-0.2, 0) is 0 Å². The molecule has 2 aromatic carbocycles. The second-order valence-electron chi connectivity index (χ2n) is 5.31. The third kappa shape index (κ3) is 4.35. The van der Waals surface area contributed by atoms with E-state index in [1.165, 1.54) is 42.5 Å². The smallest absolute Gasteiger partial charge is 0.274 e. The quantitative estimate of drug-likeness (QED) is 0.752. The Kier molecular flexibility index (Phi) is 4.65. The van der Waals surface area contributed by atoms with Gasteiger partial charge in [-0.25, -0.2) is 18.7 Å². The lowest BCUT2D eigenvalue weighted by molar-refractivity contribution is 0.102. The normalized spacial score (nSPS) is 10.4. The van der Waals surface area contributed by atoms with Gasteiger partial charge in [0.05, 0.1) is 0 Å². The first-order chi connectivity index (χ1) is 12.0. The van der Waals surface area contributed by atoms with E-state index in [2.05, 4.69) is 20.6 Å². The van der Waals surface area contributed by atoms with Gasteiger partial charge in [-0.05, 0) is 61.5 Å². The highest BCUT2D eigenvalue weighted by Gasteiger charge is 2.11. The molecule has 0 unspecified atom stereocenters. The summed E-state index contributed by atoms with van der Waals surface area (Å²) >= 11 is 0. The van der Waals surface area contributed by atoms with Crippen molar-refractivity contribution < 1.29 is 13.6 Å². The average Bonchev–Trinajstić information content (AvgIpc) is 2.58. The van der Waals surface area contributed by atoms with Gasteiger partial charge in [-0.15, -0.1) is 0 Å². The number of aromatic nitrogens is 2. The minimum atomic E-state index is -0.445. The van der Waals surface area contributed by atoms with Crippen LogP contribution in [0.2, 0.25) is 0 Å². The van der Waals surface area contributed by atoms with Crippen molar-refractivity contribution in [3.05, 3.63) is 77.6 Å². The second kappa shape index (κ2) is 7.04. The molecule has 0 spiro atoms. The van der Waals surface area contributed by atoms with Gasteiger partial charge in [0.1, 0.15) is 17.3 Å². The number of benzene rings is 2. The third-order valence-electron chi connectivity index (χ3n) is 3.29. The number of nitrogens with zero attached hydrogens (tertiary/aromatic N) is 2. The number of carbonyl (C=O) groups is 1. The van der Waals surface area contributed by atoms with Crippen LogP contribution in [0, 0.1) is 18.6 Å². The van der Waals surface area contributed by atoms with E-state index in [4.69, 9.17) is 0 Å². The molecule has 1 aromatic heterocycles. The van der Waals surface area contributed by atoms with E-state index in [0.717, 1.165) is 0 Å². The summed E-state index contributed by atoms with van der Waals surface area (Å²) in [4.78, 5) is 20.7. The molecule has 126 valence electrons. The van der Waals surface area contributed by atoms with Gasteiger partial charge in [0.2, 0.25) is 5.95 Å². The van der Waals surface area contributed by atoms with E-state index in [9.17, 15) is 13.6 Å². The lowest BCUT2D eigenvalue weighted by Gasteiger charge is -2.09. The molecule has 1 heterocycles. The largest absolute Gasteiger partial charge is 0.324 e. The molecule has 0 saturated heterocycles.